The summed E-state index contributed by atoms with van der Waals surface area (Å²) in [5.74, 6) is -0.866. The number of carbonyl (C=O) groups excluding carboxylic acids is 1. The molecular formula is C13H16FNO2. The molecule has 1 heterocycles. The first-order valence-electron chi connectivity index (χ1n) is 5.67. The number of hydrogen-bond acceptors (Lipinski definition) is 2. The Morgan fingerprint density at radius 3 is 2.94 bits per heavy atom. The largest absolute Gasteiger partial charge is 0.379 e. The number of amides is 1. The summed E-state index contributed by atoms with van der Waals surface area (Å²) < 4.78 is 18.8. The van der Waals surface area contributed by atoms with Gasteiger partial charge in [-0.3, -0.25) is 4.79 Å². The third-order valence-electron chi connectivity index (χ3n) is 3.00. The molecule has 2 rings (SSSR count). The first-order chi connectivity index (χ1) is 8.00. The first kappa shape index (κ1) is 12.0. The molecule has 4 heteroatoms. The van der Waals surface area contributed by atoms with Crippen LogP contribution in [-0.2, 0) is 4.74 Å². The van der Waals surface area contributed by atoms with Crippen molar-refractivity contribution >= 4 is 5.91 Å². The maximum Gasteiger partial charge on any atom is 0.254 e. The van der Waals surface area contributed by atoms with Crippen LogP contribution < -0.4 is 5.32 Å². The Labute approximate surface area is 100.0 Å². The minimum atomic E-state index is -0.490. The molecule has 1 amide bonds. The lowest BCUT2D eigenvalue weighted by Gasteiger charge is -2.23. The van der Waals surface area contributed by atoms with Crippen LogP contribution in [0.3, 0.4) is 0 Å². The highest BCUT2D eigenvalue weighted by molar-refractivity contribution is 5.95. The Bertz CT molecular complexity index is 439. The second kappa shape index (κ2) is 4.45. The zero-order valence-corrected chi connectivity index (χ0v) is 10.0. The summed E-state index contributed by atoms with van der Waals surface area (Å²) in [6.07, 6.45) is 0.756. The molecule has 1 aromatic rings. The van der Waals surface area contributed by atoms with Crippen molar-refractivity contribution in [3.63, 3.8) is 0 Å². The summed E-state index contributed by atoms with van der Waals surface area (Å²) in [4.78, 5) is 12.0. The lowest BCUT2D eigenvalue weighted by molar-refractivity contribution is 0.0885. The zero-order chi connectivity index (χ0) is 12.5. The van der Waals surface area contributed by atoms with Gasteiger partial charge in [-0.2, -0.15) is 0 Å². The molecular weight excluding hydrogens is 221 g/mol. The molecule has 0 aliphatic carbocycles. The molecule has 0 saturated carbocycles. The quantitative estimate of drug-likeness (QED) is 0.854. The third kappa shape index (κ3) is 2.64. The average Bonchev–Trinajstić information content (AvgIpc) is 2.68. The lowest BCUT2D eigenvalue weighted by Crippen LogP contribution is -2.46. The minimum absolute atomic E-state index is 0.0955. The van der Waals surface area contributed by atoms with Gasteiger partial charge in [0.1, 0.15) is 5.82 Å². The average molecular weight is 237 g/mol. The molecule has 0 spiro atoms. The Kier molecular flexibility index (Phi) is 3.15. The molecule has 1 N–H and O–H groups in total. The van der Waals surface area contributed by atoms with Gasteiger partial charge in [-0.25, -0.2) is 4.39 Å². The van der Waals surface area contributed by atoms with Crippen LogP contribution in [0, 0.1) is 12.7 Å². The molecule has 17 heavy (non-hydrogen) atoms. The van der Waals surface area contributed by atoms with Crippen LogP contribution in [0.15, 0.2) is 18.2 Å². The minimum Gasteiger partial charge on any atom is -0.379 e. The van der Waals surface area contributed by atoms with Gasteiger partial charge in [-0.05, 0) is 32.4 Å². The van der Waals surface area contributed by atoms with Crippen molar-refractivity contribution in [1.82, 2.24) is 5.32 Å². The number of ether oxygens (including phenoxy) is 1. The van der Waals surface area contributed by atoms with Gasteiger partial charge in [0.05, 0.1) is 17.7 Å². The predicted octanol–water partition coefficient (Wildman–Crippen LogP) is 2.04. The van der Waals surface area contributed by atoms with Crippen molar-refractivity contribution < 1.29 is 13.9 Å². The van der Waals surface area contributed by atoms with E-state index in [1.807, 2.05) is 13.8 Å². The molecule has 1 aliphatic heterocycles. The summed E-state index contributed by atoms with van der Waals surface area (Å²) >= 11 is 0. The van der Waals surface area contributed by atoms with Crippen LogP contribution in [0.5, 0.6) is 0 Å². The van der Waals surface area contributed by atoms with E-state index in [0.717, 1.165) is 12.0 Å². The normalized spacial score (nSPS) is 23.7. The molecule has 1 aromatic carbocycles. The van der Waals surface area contributed by atoms with Crippen LogP contribution in [0.2, 0.25) is 0 Å². The number of halogens is 1. The third-order valence-corrected chi connectivity index (χ3v) is 3.00. The van der Waals surface area contributed by atoms with E-state index in [1.165, 1.54) is 6.07 Å². The molecule has 1 fully saturated rings. The van der Waals surface area contributed by atoms with Crippen molar-refractivity contribution in [2.75, 3.05) is 13.2 Å². The van der Waals surface area contributed by atoms with Crippen LogP contribution in [0.4, 0.5) is 4.39 Å². The van der Waals surface area contributed by atoms with E-state index in [4.69, 9.17) is 4.74 Å². The smallest absolute Gasteiger partial charge is 0.254 e. The fraction of sp³-hybridized carbons (Fsp3) is 0.462. The summed E-state index contributed by atoms with van der Waals surface area (Å²) in [5, 5.41) is 2.84. The van der Waals surface area contributed by atoms with Crippen molar-refractivity contribution in [1.29, 1.82) is 0 Å². The number of benzene rings is 1. The topological polar surface area (TPSA) is 38.3 Å². The molecule has 0 radical (unpaired) electrons. The number of nitrogens with one attached hydrogen (secondary N) is 1. The molecule has 0 bridgehead atoms. The van der Waals surface area contributed by atoms with Gasteiger partial charge in [0.2, 0.25) is 0 Å². The number of rotatable bonds is 2. The standard InChI is InChI=1S/C13H16FNO2/c1-9-3-4-11(14)10(7-9)12(16)15-13(2)5-6-17-8-13/h3-4,7H,5-6,8H2,1-2H3,(H,15,16). The fourth-order valence-corrected chi connectivity index (χ4v) is 1.92. The molecule has 1 atom stereocenters. The Hall–Kier alpha value is -1.42. The fourth-order valence-electron chi connectivity index (χ4n) is 1.92. The van der Waals surface area contributed by atoms with Crippen molar-refractivity contribution in [2.24, 2.45) is 0 Å². The molecule has 1 aliphatic rings. The second-order valence-electron chi connectivity index (χ2n) is 4.80. The highest BCUT2D eigenvalue weighted by atomic mass is 19.1. The van der Waals surface area contributed by atoms with Crippen LogP contribution in [0.25, 0.3) is 0 Å². The number of carbonyl (C=O) groups is 1. The van der Waals surface area contributed by atoms with Gasteiger partial charge in [0, 0.05) is 6.61 Å². The van der Waals surface area contributed by atoms with Crippen molar-refractivity contribution in [3.05, 3.63) is 35.1 Å². The van der Waals surface area contributed by atoms with Gasteiger partial charge >= 0.3 is 0 Å². The van der Waals surface area contributed by atoms with Gasteiger partial charge in [0.25, 0.3) is 5.91 Å². The lowest BCUT2D eigenvalue weighted by atomic mass is 10.0. The van der Waals surface area contributed by atoms with E-state index in [9.17, 15) is 9.18 Å². The number of aryl methyl sites for hydroxylation is 1. The van der Waals surface area contributed by atoms with Gasteiger partial charge in [-0.1, -0.05) is 11.6 Å². The maximum atomic E-state index is 13.5. The van der Waals surface area contributed by atoms with E-state index in [1.54, 1.807) is 12.1 Å². The molecule has 92 valence electrons. The van der Waals surface area contributed by atoms with E-state index in [2.05, 4.69) is 5.32 Å². The van der Waals surface area contributed by atoms with Crippen LogP contribution in [-0.4, -0.2) is 24.7 Å². The van der Waals surface area contributed by atoms with E-state index >= 15 is 0 Å². The van der Waals surface area contributed by atoms with Crippen molar-refractivity contribution in [2.45, 2.75) is 25.8 Å². The van der Waals surface area contributed by atoms with Crippen LogP contribution in [0.1, 0.15) is 29.3 Å². The maximum absolute atomic E-state index is 13.5. The molecule has 0 aromatic heterocycles. The summed E-state index contributed by atoms with van der Waals surface area (Å²) in [6.45, 7) is 4.85. The highest BCUT2D eigenvalue weighted by Gasteiger charge is 2.32. The molecule has 1 saturated heterocycles. The summed E-state index contributed by atoms with van der Waals surface area (Å²) in [6, 6.07) is 4.52. The monoisotopic (exact) mass is 237 g/mol. The van der Waals surface area contributed by atoms with E-state index in [0.29, 0.717) is 13.2 Å². The zero-order valence-electron chi connectivity index (χ0n) is 10.0. The van der Waals surface area contributed by atoms with Gasteiger partial charge in [0.15, 0.2) is 0 Å². The molecule has 1 unspecified atom stereocenters. The predicted molar refractivity (Wildman–Crippen MR) is 62.4 cm³/mol. The Balaban J connectivity index is 2.17. The second-order valence-corrected chi connectivity index (χ2v) is 4.80. The van der Waals surface area contributed by atoms with E-state index < -0.39 is 5.82 Å². The summed E-state index contributed by atoms with van der Waals surface area (Å²) in [5.41, 5.74) is 0.579. The highest BCUT2D eigenvalue weighted by Crippen LogP contribution is 2.19. The summed E-state index contributed by atoms with van der Waals surface area (Å²) in [7, 11) is 0. The SMILES string of the molecule is Cc1ccc(F)c(C(=O)NC2(C)CCOC2)c1. The molecule has 3 nitrogen and oxygen atoms in total. The van der Waals surface area contributed by atoms with E-state index in [-0.39, 0.29) is 17.0 Å². The van der Waals surface area contributed by atoms with Gasteiger partial charge < -0.3 is 10.1 Å². The number of hydrogen-bond donors (Lipinski definition) is 1. The Morgan fingerprint density at radius 2 is 2.29 bits per heavy atom. The van der Waals surface area contributed by atoms with Crippen molar-refractivity contribution in [3.8, 4) is 0 Å². The first-order valence-corrected chi connectivity index (χ1v) is 5.67. The van der Waals surface area contributed by atoms with Crippen LogP contribution >= 0.6 is 0 Å². The van der Waals surface area contributed by atoms with Gasteiger partial charge in [-0.15, -0.1) is 0 Å². The Morgan fingerprint density at radius 1 is 1.53 bits per heavy atom.